The molecule has 1 heterocycles. The molecule has 118 valence electrons. The first-order chi connectivity index (χ1) is 10.2. The Labute approximate surface area is 128 Å². The van der Waals surface area contributed by atoms with Gasteiger partial charge in [0.25, 0.3) is 0 Å². The predicted octanol–water partition coefficient (Wildman–Crippen LogP) is 2.24. The molecule has 0 aromatic heterocycles. The Kier molecular flexibility index (Phi) is 6.33. The highest BCUT2D eigenvalue weighted by Gasteiger charge is 2.14. The van der Waals surface area contributed by atoms with Crippen molar-refractivity contribution in [3.05, 3.63) is 23.8 Å². The van der Waals surface area contributed by atoms with E-state index in [4.69, 9.17) is 4.74 Å². The molecule has 1 saturated heterocycles. The van der Waals surface area contributed by atoms with Crippen molar-refractivity contribution in [3.63, 3.8) is 0 Å². The SMILES string of the molecule is COc1cc(CNCC(C)C)ccc1N1CCCNCC1. The number of nitrogens with zero attached hydrogens (tertiary/aromatic N) is 1. The molecular formula is C17H29N3O. The molecule has 0 saturated carbocycles. The zero-order valence-electron chi connectivity index (χ0n) is 13.6. The van der Waals surface area contributed by atoms with Gasteiger partial charge in [0.15, 0.2) is 0 Å². The maximum absolute atomic E-state index is 5.62. The van der Waals surface area contributed by atoms with Crippen molar-refractivity contribution in [2.45, 2.75) is 26.8 Å². The Morgan fingerprint density at radius 2 is 2.14 bits per heavy atom. The zero-order chi connectivity index (χ0) is 15.1. The fourth-order valence-electron chi connectivity index (χ4n) is 2.69. The number of methoxy groups -OCH3 is 1. The van der Waals surface area contributed by atoms with Gasteiger partial charge in [0.05, 0.1) is 12.8 Å². The standard InChI is InChI=1S/C17H29N3O/c1-14(2)12-19-13-15-5-6-16(17(11-15)21-3)20-9-4-7-18-8-10-20/h5-6,11,14,18-19H,4,7-10,12-13H2,1-3H3. The van der Waals surface area contributed by atoms with E-state index in [1.54, 1.807) is 7.11 Å². The summed E-state index contributed by atoms with van der Waals surface area (Å²) in [5.41, 5.74) is 2.50. The van der Waals surface area contributed by atoms with Crippen LogP contribution in [0.3, 0.4) is 0 Å². The van der Waals surface area contributed by atoms with Gasteiger partial charge < -0.3 is 20.3 Å². The van der Waals surface area contributed by atoms with Crippen LogP contribution < -0.4 is 20.3 Å². The van der Waals surface area contributed by atoms with Crippen molar-refractivity contribution < 1.29 is 4.74 Å². The molecule has 0 unspecified atom stereocenters. The fraction of sp³-hybridized carbons (Fsp3) is 0.647. The molecule has 21 heavy (non-hydrogen) atoms. The number of benzene rings is 1. The molecule has 1 aliphatic rings. The minimum atomic E-state index is 0.677. The van der Waals surface area contributed by atoms with Crippen LogP contribution in [0.1, 0.15) is 25.8 Å². The van der Waals surface area contributed by atoms with E-state index in [0.717, 1.165) is 45.0 Å². The van der Waals surface area contributed by atoms with Crippen molar-refractivity contribution in [3.8, 4) is 5.75 Å². The Bertz CT molecular complexity index is 426. The van der Waals surface area contributed by atoms with Gasteiger partial charge in [0, 0.05) is 26.2 Å². The molecule has 1 aromatic rings. The van der Waals surface area contributed by atoms with Crippen LogP contribution in [0, 0.1) is 5.92 Å². The van der Waals surface area contributed by atoms with E-state index in [1.807, 2.05) is 0 Å². The summed E-state index contributed by atoms with van der Waals surface area (Å²) in [7, 11) is 1.76. The highest BCUT2D eigenvalue weighted by atomic mass is 16.5. The van der Waals surface area contributed by atoms with Gasteiger partial charge in [-0.15, -0.1) is 0 Å². The van der Waals surface area contributed by atoms with E-state index >= 15 is 0 Å². The van der Waals surface area contributed by atoms with Gasteiger partial charge in [-0.1, -0.05) is 19.9 Å². The van der Waals surface area contributed by atoms with Crippen LogP contribution in [-0.4, -0.2) is 39.8 Å². The number of anilines is 1. The number of hydrogen-bond acceptors (Lipinski definition) is 4. The van der Waals surface area contributed by atoms with E-state index in [-0.39, 0.29) is 0 Å². The molecule has 1 aliphatic heterocycles. The van der Waals surface area contributed by atoms with E-state index in [1.165, 1.54) is 17.7 Å². The molecule has 0 radical (unpaired) electrons. The van der Waals surface area contributed by atoms with Crippen molar-refractivity contribution in [1.29, 1.82) is 0 Å². The molecule has 0 atom stereocenters. The molecule has 4 nitrogen and oxygen atoms in total. The van der Waals surface area contributed by atoms with Crippen LogP contribution in [0.15, 0.2) is 18.2 Å². The second kappa shape index (κ2) is 8.25. The quantitative estimate of drug-likeness (QED) is 0.843. The van der Waals surface area contributed by atoms with E-state index in [0.29, 0.717) is 5.92 Å². The van der Waals surface area contributed by atoms with E-state index < -0.39 is 0 Å². The summed E-state index contributed by atoms with van der Waals surface area (Å²) in [6, 6.07) is 6.58. The first kappa shape index (κ1) is 16.1. The molecule has 0 amide bonds. The Morgan fingerprint density at radius 3 is 2.90 bits per heavy atom. The van der Waals surface area contributed by atoms with E-state index in [2.05, 4.69) is 47.6 Å². The minimum Gasteiger partial charge on any atom is -0.495 e. The van der Waals surface area contributed by atoms with Crippen LogP contribution in [0.2, 0.25) is 0 Å². The average molecular weight is 291 g/mol. The minimum absolute atomic E-state index is 0.677. The number of rotatable bonds is 6. The van der Waals surface area contributed by atoms with Crippen molar-refractivity contribution in [2.75, 3.05) is 44.7 Å². The van der Waals surface area contributed by atoms with Crippen LogP contribution in [0.25, 0.3) is 0 Å². The predicted molar refractivity (Wildman–Crippen MR) is 89.2 cm³/mol. The topological polar surface area (TPSA) is 36.5 Å². The second-order valence-electron chi connectivity index (χ2n) is 6.12. The molecule has 0 spiro atoms. The lowest BCUT2D eigenvalue weighted by Gasteiger charge is -2.25. The van der Waals surface area contributed by atoms with Crippen LogP contribution >= 0.6 is 0 Å². The summed E-state index contributed by atoms with van der Waals surface area (Å²) >= 11 is 0. The molecular weight excluding hydrogens is 262 g/mol. The van der Waals surface area contributed by atoms with Gasteiger partial charge in [0.2, 0.25) is 0 Å². The second-order valence-corrected chi connectivity index (χ2v) is 6.12. The monoisotopic (exact) mass is 291 g/mol. The summed E-state index contributed by atoms with van der Waals surface area (Å²) < 4.78 is 5.62. The lowest BCUT2D eigenvalue weighted by Crippen LogP contribution is -2.28. The largest absolute Gasteiger partial charge is 0.495 e. The molecule has 2 N–H and O–H groups in total. The van der Waals surface area contributed by atoms with Crippen LogP contribution in [-0.2, 0) is 6.54 Å². The Hall–Kier alpha value is -1.26. The molecule has 1 aromatic carbocycles. The first-order valence-electron chi connectivity index (χ1n) is 8.04. The third kappa shape index (κ3) is 4.90. The molecule has 1 fully saturated rings. The summed E-state index contributed by atoms with van der Waals surface area (Å²) in [6.45, 7) is 10.7. The van der Waals surface area contributed by atoms with Crippen LogP contribution in [0.4, 0.5) is 5.69 Å². The van der Waals surface area contributed by atoms with Crippen LogP contribution in [0.5, 0.6) is 5.75 Å². The van der Waals surface area contributed by atoms with Gasteiger partial charge in [-0.25, -0.2) is 0 Å². The fourth-order valence-corrected chi connectivity index (χ4v) is 2.69. The summed E-state index contributed by atoms with van der Waals surface area (Å²) in [5, 5.41) is 6.92. The van der Waals surface area contributed by atoms with Crippen molar-refractivity contribution in [1.82, 2.24) is 10.6 Å². The van der Waals surface area contributed by atoms with Gasteiger partial charge in [-0.05, 0) is 43.1 Å². The van der Waals surface area contributed by atoms with Gasteiger partial charge in [0.1, 0.15) is 5.75 Å². The third-order valence-corrected chi connectivity index (χ3v) is 3.81. The van der Waals surface area contributed by atoms with Crippen molar-refractivity contribution in [2.24, 2.45) is 5.92 Å². The number of hydrogen-bond donors (Lipinski definition) is 2. The summed E-state index contributed by atoms with van der Waals surface area (Å²) in [6.07, 6.45) is 1.18. The smallest absolute Gasteiger partial charge is 0.142 e. The highest BCUT2D eigenvalue weighted by Crippen LogP contribution is 2.29. The molecule has 2 rings (SSSR count). The maximum Gasteiger partial charge on any atom is 0.142 e. The van der Waals surface area contributed by atoms with Gasteiger partial charge in [-0.3, -0.25) is 0 Å². The molecule has 4 heteroatoms. The lowest BCUT2D eigenvalue weighted by molar-refractivity contribution is 0.413. The highest BCUT2D eigenvalue weighted by molar-refractivity contribution is 5.60. The van der Waals surface area contributed by atoms with E-state index in [9.17, 15) is 0 Å². The Morgan fingerprint density at radius 1 is 1.29 bits per heavy atom. The van der Waals surface area contributed by atoms with Gasteiger partial charge >= 0.3 is 0 Å². The molecule has 0 aliphatic carbocycles. The normalized spacial score (nSPS) is 16.1. The van der Waals surface area contributed by atoms with Crippen molar-refractivity contribution >= 4 is 5.69 Å². The third-order valence-electron chi connectivity index (χ3n) is 3.81. The molecule has 0 bridgehead atoms. The zero-order valence-corrected chi connectivity index (χ0v) is 13.6. The Balaban J connectivity index is 2.04. The lowest BCUT2D eigenvalue weighted by atomic mass is 10.1. The van der Waals surface area contributed by atoms with Gasteiger partial charge in [-0.2, -0.15) is 0 Å². The first-order valence-corrected chi connectivity index (χ1v) is 8.04. The summed E-state index contributed by atoms with van der Waals surface area (Å²) in [4.78, 5) is 2.42. The average Bonchev–Trinajstić information content (AvgIpc) is 2.75. The maximum atomic E-state index is 5.62. The summed E-state index contributed by atoms with van der Waals surface area (Å²) in [5.74, 6) is 1.66. The number of ether oxygens (including phenoxy) is 1. The number of nitrogens with one attached hydrogen (secondary N) is 2.